The molecule has 0 aliphatic heterocycles. The summed E-state index contributed by atoms with van der Waals surface area (Å²) >= 11 is 0. The van der Waals surface area contributed by atoms with Gasteiger partial charge in [-0.3, -0.25) is 4.79 Å². The molecular weight excluding hydrogens is 216 g/mol. The van der Waals surface area contributed by atoms with Crippen molar-refractivity contribution in [2.45, 2.75) is 25.8 Å². The lowest BCUT2D eigenvalue weighted by Crippen LogP contribution is -2.31. The van der Waals surface area contributed by atoms with Crippen molar-refractivity contribution in [3.8, 4) is 0 Å². The van der Waals surface area contributed by atoms with E-state index in [0.29, 0.717) is 12.8 Å². The van der Waals surface area contributed by atoms with Crippen molar-refractivity contribution in [1.82, 2.24) is 5.32 Å². The molecule has 0 saturated carbocycles. The number of aliphatic hydroxyl groups excluding tert-OH is 1. The number of aliphatic hydroxyl groups is 1. The number of carbonyl (C=O) groups excluding carboxylic acids is 1. The first kappa shape index (κ1) is 13.7. The van der Waals surface area contributed by atoms with Crippen LogP contribution in [0.25, 0.3) is 0 Å². The monoisotopic (exact) mass is 236 g/mol. The highest BCUT2D eigenvalue weighted by Gasteiger charge is 2.08. The maximum absolute atomic E-state index is 11.7. The van der Waals surface area contributed by atoms with E-state index in [2.05, 4.69) is 10.6 Å². The number of rotatable bonds is 7. The summed E-state index contributed by atoms with van der Waals surface area (Å²) in [6.07, 6.45) is 1.14. The van der Waals surface area contributed by atoms with E-state index in [1.807, 2.05) is 37.3 Å². The number of carbonyl (C=O) groups is 1. The van der Waals surface area contributed by atoms with Crippen LogP contribution >= 0.6 is 0 Å². The van der Waals surface area contributed by atoms with E-state index in [-0.39, 0.29) is 18.6 Å². The molecule has 0 saturated heterocycles. The predicted octanol–water partition coefficient (Wildman–Crippen LogP) is 1.38. The Morgan fingerprint density at radius 3 is 2.71 bits per heavy atom. The molecule has 0 aliphatic carbocycles. The lowest BCUT2D eigenvalue weighted by atomic mass is 10.2. The van der Waals surface area contributed by atoms with Crippen molar-refractivity contribution in [3.63, 3.8) is 0 Å². The van der Waals surface area contributed by atoms with Gasteiger partial charge in [0.2, 0.25) is 5.91 Å². The Kier molecular flexibility index (Phi) is 6.29. The quantitative estimate of drug-likeness (QED) is 0.627. The van der Waals surface area contributed by atoms with Crippen molar-refractivity contribution in [3.05, 3.63) is 30.3 Å². The molecule has 1 aromatic carbocycles. The molecule has 4 nitrogen and oxygen atoms in total. The number of hydrogen-bond donors (Lipinski definition) is 3. The normalized spacial score (nSPS) is 12.1. The molecule has 4 heteroatoms. The molecule has 1 amide bonds. The largest absolute Gasteiger partial charge is 0.396 e. The Morgan fingerprint density at radius 1 is 1.35 bits per heavy atom. The van der Waals surface area contributed by atoms with E-state index >= 15 is 0 Å². The summed E-state index contributed by atoms with van der Waals surface area (Å²) in [5.41, 5.74) is 0.819. The molecule has 17 heavy (non-hydrogen) atoms. The Balaban J connectivity index is 2.25. The van der Waals surface area contributed by atoms with Crippen LogP contribution in [0.4, 0.5) is 5.69 Å². The first-order chi connectivity index (χ1) is 8.22. The minimum atomic E-state index is 0.000184. The van der Waals surface area contributed by atoms with Crippen LogP contribution in [0.15, 0.2) is 30.3 Å². The number of nitrogens with one attached hydrogen (secondary N) is 2. The van der Waals surface area contributed by atoms with Gasteiger partial charge in [0.25, 0.3) is 0 Å². The lowest BCUT2D eigenvalue weighted by molar-refractivity contribution is -0.116. The van der Waals surface area contributed by atoms with E-state index in [0.717, 1.165) is 12.2 Å². The maximum Gasteiger partial charge on any atom is 0.225 e. The summed E-state index contributed by atoms with van der Waals surface area (Å²) in [6, 6.07) is 9.53. The fraction of sp³-hybridized carbons (Fsp3) is 0.462. The van der Waals surface area contributed by atoms with Crippen LogP contribution < -0.4 is 10.6 Å². The predicted molar refractivity (Wildman–Crippen MR) is 68.9 cm³/mol. The van der Waals surface area contributed by atoms with E-state index in [1.165, 1.54) is 0 Å². The average Bonchev–Trinajstić information content (AvgIpc) is 2.30. The van der Waals surface area contributed by atoms with Crippen LogP contribution in [-0.2, 0) is 4.79 Å². The Hall–Kier alpha value is -1.39. The minimum Gasteiger partial charge on any atom is -0.396 e. The molecule has 0 spiro atoms. The molecule has 0 radical (unpaired) electrons. The highest BCUT2D eigenvalue weighted by Crippen LogP contribution is 2.06. The van der Waals surface area contributed by atoms with Crippen molar-refractivity contribution in [1.29, 1.82) is 0 Å². The third kappa shape index (κ3) is 6.04. The van der Waals surface area contributed by atoms with Gasteiger partial charge in [-0.2, -0.15) is 0 Å². The van der Waals surface area contributed by atoms with Crippen molar-refractivity contribution in [2.24, 2.45) is 0 Å². The zero-order valence-corrected chi connectivity index (χ0v) is 10.1. The van der Waals surface area contributed by atoms with Crippen LogP contribution in [0, 0.1) is 0 Å². The minimum absolute atomic E-state index is 0.000184. The fourth-order valence-electron chi connectivity index (χ4n) is 1.51. The van der Waals surface area contributed by atoms with Crippen LogP contribution in [0.2, 0.25) is 0 Å². The van der Waals surface area contributed by atoms with E-state index in [9.17, 15) is 4.79 Å². The summed E-state index contributed by atoms with van der Waals surface area (Å²) < 4.78 is 0. The first-order valence-electron chi connectivity index (χ1n) is 5.91. The summed E-state index contributed by atoms with van der Waals surface area (Å²) in [4.78, 5) is 11.7. The molecule has 3 N–H and O–H groups in total. The van der Waals surface area contributed by atoms with Crippen molar-refractivity contribution < 1.29 is 9.90 Å². The number of benzene rings is 1. The summed E-state index contributed by atoms with van der Waals surface area (Å²) in [7, 11) is 0. The van der Waals surface area contributed by atoms with Gasteiger partial charge in [-0.05, 0) is 32.0 Å². The first-order valence-corrected chi connectivity index (χ1v) is 5.91. The van der Waals surface area contributed by atoms with Gasteiger partial charge in [-0.25, -0.2) is 0 Å². The second-order valence-electron chi connectivity index (χ2n) is 4.05. The average molecular weight is 236 g/mol. The molecule has 0 heterocycles. The van der Waals surface area contributed by atoms with E-state index < -0.39 is 0 Å². The second-order valence-corrected chi connectivity index (χ2v) is 4.05. The SMILES string of the molecule is CC(CC(=O)Nc1ccccc1)NCCCO. The van der Waals surface area contributed by atoms with Gasteiger partial charge in [0, 0.05) is 24.8 Å². The standard InChI is InChI=1S/C13H20N2O2/c1-11(14-8-5-9-16)10-13(17)15-12-6-3-2-4-7-12/h2-4,6-7,11,14,16H,5,8-10H2,1H3,(H,15,17). The van der Waals surface area contributed by atoms with Gasteiger partial charge in [-0.15, -0.1) is 0 Å². The summed E-state index contributed by atoms with van der Waals surface area (Å²) in [6.45, 7) is 2.87. The third-order valence-corrected chi connectivity index (χ3v) is 2.38. The Bertz CT molecular complexity index is 327. The van der Waals surface area contributed by atoms with Gasteiger partial charge >= 0.3 is 0 Å². The molecule has 0 fully saturated rings. The highest BCUT2D eigenvalue weighted by molar-refractivity contribution is 5.90. The van der Waals surface area contributed by atoms with Crippen LogP contribution in [0.3, 0.4) is 0 Å². The topological polar surface area (TPSA) is 61.4 Å². The van der Waals surface area contributed by atoms with Gasteiger partial charge in [0.1, 0.15) is 0 Å². The Morgan fingerprint density at radius 2 is 2.06 bits per heavy atom. The van der Waals surface area contributed by atoms with Gasteiger partial charge in [0.15, 0.2) is 0 Å². The van der Waals surface area contributed by atoms with Crippen molar-refractivity contribution in [2.75, 3.05) is 18.5 Å². The molecule has 1 atom stereocenters. The van der Waals surface area contributed by atoms with Gasteiger partial charge < -0.3 is 15.7 Å². The Labute approximate surface area is 102 Å². The number of anilines is 1. The zero-order chi connectivity index (χ0) is 12.5. The number of amides is 1. The third-order valence-electron chi connectivity index (χ3n) is 2.38. The zero-order valence-electron chi connectivity index (χ0n) is 10.1. The second kappa shape index (κ2) is 7.81. The van der Waals surface area contributed by atoms with E-state index in [4.69, 9.17) is 5.11 Å². The summed E-state index contributed by atoms with van der Waals surface area (Å²) in [5.74, 6) is 0.000184. The molecule has 1 aromatic rings. The van der Waals surface area contributed by atoms with Crippen LogP contribution in [0.5, 0.6) is 0 Å². The molecule has 1 rings (SSSR count). The van der Waals surface area contributed by atoms with Crippen LogP contribution in [-0.4, -0.2) is 30.2 Å². The molecule has 0 aromatic heterocycles. The van der Waals surface area contributed by atoms with Crippen LogP contribution in [0.1, 0.15) is 19.8 Å². The van der Waals surface area contributed by atoms with Gasteiger partial charge in [0.05, 0.1) is 0 Å². The fourth-order valence-corrected chi connectivity index (χ4v) is 1.51. The molecular formula is C13H20N2O2. The molecule has 0 bridgehead atoms. The summed E-state index contributed by atoms with van der Waals surface area (Å²) in [5, 5.41) is 14.7. The smallest absolute Gasteiger partial charge is 0.225 e. The number of hydrogen-bond acceptors (Lipinski definition) is 3. The molecule has 94 valence electrons. The highest BCUT2D eigenvalue weighted by atomic mass is 16.3. The number of para-hydroxylation sites is 1. The van der Waals surface area contributed by atoms with Gasteiger partial charge in [-0.1, -0.05) is 18.2 Å². The van der Waals surface area contributed by atoms with E-state index in [1.54, 1.807) is 0 Å². The lowest BCUT2D eigenvalue weighted by Gasteiger charge is -2.13. The molecule has 1 unspecified atom stereocenters. The molecule has 0 aliphatic rings. The maximum atomic E-state index is 11.7. The van der Waals surface area contributed by atoms with Crippen molar-refractivity contribution >= 4 is 11.6 Å².